The molecule has 1 aliphatic heterocycles. The van der Waals surface area contributed by atoms with Crippen LogP contribution in [0.4, 0.5) is 28.4 Å². The maximum absolute atomic E-state index is 12.2. The van der Waals surface area contributed by atoms with Gasteiger partial charge in [-0.1, -0.05) is 13.8 Å². The number of rotatable bonds is 6. The Morgan fingerprint density at radius 2 is 1.90 bits per heavy atom. The topological polar surface area (TPSA) is 100 Å². The van der Waals surface area contributed by atoms with E-state index in [0.29, 0.717) is 29.4 Å². The Labute approximate surface area is 182 Å². The average Bonchev–Trinajstić information content (AvgIpc) is 2.72. The number of benzene rings is 2. The number of fused-ring (bicyclic) bond motifs is 1. The molecule has 8 heteroatoms. The summed E-state index contributed by atoms with van der Waals surface area (Å²) in [5.74, 6) is 0.231. The van der Waals surface area contributed by atoms with Crippen molar-refractivity contribution in [3.63, 3.8) is 0 Å². The first-order valence-electron chi connectivity index (χ1n) is 10.6. The Morgan fingerprint density at radius 1 is 1.23 bits per heavy atom. The summed E-state index contributed by atoms with van der Waals surface area (Å²) in [7, 11) is 0. The third-order valence-corrected chi connectivity index (χ3v) is 5.75. The van der Waals surface area contributed by atoms with Gasteiger partial charge in [-0.15, -0.1) is 5.11 Å². The summed E-state index contributed by atoms with van der Waals surface area (Å²) in [6, 6.07) is 9.88. The predicted octanol–water partition coefficient (Wildman–Crippen LogP) is 6.47. The summed E-state index contributed by atoms with van der Waals surface area (Å²) in [5.41, 5.74) is 3.97. The number of nitro groups is 1. The van der Waals surface area contributed by atoms with Crippen molar-refractivity contribution in [3.05, 3.63) is 52.1 Å². The molecule has 1 N–H and O–H groups in total. The largest absolute Gasteiger partial charge is 0.366 e. The maximum Gasteiger partial charge on any atom is 0.269 e. The van der Waals surface area contributed by atoms with E-state index >= 15 is 0 Å². The number of anilines is 2. The van der Waals surface area contributed by atoms with Crippen LogP contribution in [0.25, 0.3) is 0 Å². The highest BCUT2D eigenvalue weighted by atomic mass is 16.6. The number of amides is 1. The van der Waals surface area contributed by atoms with Crippen LogP contribution in [-0.2, 0) is 4.79 Å². The molecule has 1 aliphatic rings. The van der Waals surface area contributed by atoms with E-state index in [9.17, 15) is 14.9 Å². The molecule has 8 nitrogen and oxygen atoms in total. The van der Waals surface area contributed by atoms with Gasteiger partial charge in [-0.3, -0.25) is 14.9 Å². The van der Waals surface area contributed by atoms with Crippen LogP contribution in [0.15, 0.2) is 46.6 Å². The molecule has 1 unspecified atom stereocenters. The first kappa shape index (κ1) is 22.4. The van der Waals surface area contributed by atoms with E-state index in [0.717, 1.165) is 18.7 Å². The smallest absolute Gasteiger partial charge is 0.269 e. The van der Waals surface area contributed by atoms with E-state index in [1.165, 1.54) is 17.7 Å². The summed E-state index contributed by atoms with van der Waals surface area (Å²) < 4.78 is 0. The second kappa shape index (κ2) is 8.83. The van der Waals surface area contributed by atoms with Crippen molar-refractivity contribution < 1.29 is 9.72 Å². The van der Waals surface area contributed by atoms with Gasteiger partial charge in [0.25, 0.3) is 5.69 Å². The number of azo groups is 1. The summed E-state index contributed by atoms with van der Waals surface area (Å²) in [5, 5.41) is 22.4. The molecule has 0 bridgehead atoms. The second-order valence-corrected chi connectivity index (χ2v) is 8.47. The lowest BCUT2D eigenvalue weighted by atomic mass is 9.79. The third-order valence-electron chi connectivity index (χ3n) is 5.75. The number of carbonyl (C=O) groups is 1. The molecule has 0 radical (unpaired) electrons. The Bertz CT molecular complexity index is 1010. The van der Waals surface area contributed by atoms with Gasteiger partial charge in [0.1, 0.15) is 5.69 Å². The number of nitrogens with zero attached hydrogens (tertiary/aromatic N) is 4. The zero-order valence-electron chi connectivity index (χ0n) is 18.7. The van der Waals surface area contributed by atoms with Gasteiger partial charge in [-0.05, 0) is 62.9 Å². The summed E-state index contributed by atoms with van der Waals surface area (Å²) in [6.45, 7) is 11.5. The van der Waals surface area contributed by atoms with Crippen molar-refractivity contribution in [1.82, 2.24) is 0 Å². The molecule has 0 aromatic heterocycles. The lowest BCUT2D eigenvalue weighted by Gasteiger charge is -2.47. The number of carbonyl (C=O) groups excluding carboxylic acids is 1. The molecule has 1 amide bonds. The second-order valence-electron chi connectivity index (χ2n) is 8.47. The van der Waals surface area contributed by atoms with Crippen molar-refractivity contribution in [2.24, 2.45) is 10.2 Å². The molecule has 1 heterocycles. The Kier molecular flexibility index (Phi) is 6.38. The van der Waals surface area contributed by atoms with E-state index in [1.807, 2.05) is 12.1 Å². The summed E-state index contributed by atoms with van der Waals surface area (Å²) >= 11 is 0. The van der Waals surface area contributed by atoms with Crippen LogP contribution >= 0.6 is 0 Å². The molecule has 0 saturated heterocycles. The van der Waals surface area contributed by atoms with E-state index in [-0.39, 0.29) is 17.1 Å². The van der Waals surface area contributed by atoms with Crippen LogP contribution in [0.3, 0.4) is 0 Å². The van der Waals surface area contributed by atoms with Crippen molar-refractivity contribution >= 4 is 34.3 Å². The number of hydrogen-bond donors (Lipinski definition) is 1. The molecule has 31 heavy (non-hydrogen) atoms. The number of hydrogen-bond acceptors (Lipinski definition) is 6. The van der Waals surface area contributed by atoms with Crippen LogP contribution in [0.2, 0.25) is 0 Å². The zero-order chi connectivity index (χ0) is 22.8. The fourth-order valence-electron chi connectivity index (χ4n) is 4.29. The Morgan fingerprint density at radius 3 is 2.48 bits per heavy atom. The molecule has 2 aromatic rings. The molecule has 164 valence electrons. The quantitative estimate of drug-likeness (QED) is 0.327. The van der Waals surface area contributed by atoms with E-state index in [4.69, 9.17) is 0 Å². The average molecular weight is 424 g/mol. The van der Waals surface area contributed by atoms with Crippen LogP contribution in [0.1, 0.15) is 58.9 Å². The van der Waals surface area contributed by atoms with Crippen molar-refractivity contribution in [2.45, 2.75) is 58.9 Å². The zero-order valence-corrected chi connectivity index (χ0v) is 18.7. The van der Waals surface area contributed by atoms with E-state index in [1.54, 1.807) is 19.1 Å². The summed E-state index contributed by atoms with van der Waals surface area (Å²) in [6.07, 6.45) is 1.36. The van der Waals surface area contributed by atoms with E-state index < -0.39 is 4.92 Å². The van der Waals surface area contributed by atoms with Crippen LogP contribution < -0.4 is 10.2 Å². The van der Waals surface area contributed by atoms with Gasteiger partial charge in [0.15, 0.2) is 0 Å². The minimum absolute atomic E-state index is 0.000254. The predicted molar refractivity (Wildman–Crippen MR) is 123 cm³/mol. The first-order chi connectivity index (χ1) is 14.7. The Hall–Kier alpha value is -3.29. The van der Waals surface area contributed by atoms with Gasteiger partial charge in [-0.2, -0.15) is 5.11 Å². The van der Waals surface area contributed by atoms with Gasteiger partial charge in [0.05, 0.1) is 16.3 Å². The van der Waals surface area contributed by atoms with Gasteiger partial charge in [0.2, 0.25) is 5.91 Å². The minimum Gasteiger partial charge on any atom is -0.366 e. The molecule has 0 aliphatic carbocycles. The van der Waals surface area contributed by atoms with Gasteiger partial charge < -0.3 is 10.2 Å². The number of nitro benzene ring substituents is 1. The van der Waals surface area contributed by atoms with Crippen LogP contribution in [-0.4, -0.2) is 22.9 Å². The number of nitrogens with one attached hydrogen (secondary N) is 1. The van der Waals surface area contributed by atoms with Crippen LogP contribution in [0, 0.1) is 10.1 Å². The highest BCUT2D eigenvalue weighted by Crippen LogP contribution is 2.47. The van der Waals surface area contributed by atoms with Crippen molar-refractivity contribution in [3.8, 4) is 0 Å². The van der Waals surface area contributed by atoms with Crippen LogP contribution in [0.5, 0.6) is 0 Å². The first-order valence-corrected chi connectivity index (χ1v) is 10.6. The van der Waals surface area contributed by atoms with Gasteiger partial charge in [-0.25, -0.2) is 0 Å². The standard InChI is InChI=1S/C23H29N5O3/c1-6-22(29)24-19-13-21-18(15(3)14-23(4,5)27(21)7-2)12-20(19)26-25-16-8-10-17(11-9-16)28(30)31/h8-13,15H,6-7,14H2,1-5H3,(H,24,29). The third kappa shape index (κ3) is 4.73. The molecule has 0 fully saturated rings. The fraction of sp³-hybridized carbons (Fsp3) is 0.435. The molecular formula is C23H29N5O3. The SMILES string of the molecule is CCC(=O)Nc1cc2c(cc1N=Nc1ccc([N+](=O)[O-])cc1)C(C)CC(C)(C)N2CC. The van der Waals surface area contributed by atoms with Crippen molar-refractivity contribution in [2.75, 3.05) is 16.8 Å². The molecule has 0 spiro atoms. The van der Waals surface area contributed by atoms with E-state index in [2.05, 4.69) is 48.1 Å². The summed E-state index contributed by atoms with van der Waals surface area (Å²) in [4.78, 5) is 24.9. The molecular weight excluding hydrogens is 394 g/mol. The van der Waals surface area contributed by atoms with Gasteiger partial charge in [0, 0.05) is 36.3 Å². The lowest BCUT2D eigenvalue weighted by molar-refractivity contribution is -0.384. The number of non-ortho nitro benzene ring substituents is 1. The minimum atomic E-state index is -0.453. The lowest BCUT2D eigenvalue weighted by Crippen LogP contribution is -2.48. The molecule has 3 rings (SSSR count). The highest BCUT2D eigenvalue weighted by molar-refractivity contribution is 5.95. The normalized spacial score (nSPS) is 17.5. The monoisotopic (exact) mass is 423 g/mol. The highest BCUT2D eigenvalue weighted by Gasteiger charge is 2.36. The Balaban J connectivity index is 2.05. The van der Waals surface area contributed by atoms with Crippen molar-refractivity contribution in [1.29, 1.82) is 0 Å². The molecule has 2 aromatic carbocycles. The molecule has 0 saturated carbocycles. The maximum atomic E-state index is 12.2. The molecule has 1 atom stereocenters. The van der Waals surface area contributed by atoms with Gasteiger partial charge >= 0.3 is 0 Å². The fourth-order valence-corrected chi connectivity index (χ4v) is 4.29.